The molecular formula is C17H25N3O2. The number of hydrogen-bond acceptors (Lipinski definition) is 2. The van der Waals surface area contributed by atoms with Crippen LogP contribution in [0, 0.1) is 0 Å². The highest BCUT2D eigenvalue weighted by Gasteiger charge is 2.05. The average molecular weight is 303 g/mol. The van der Waals surface area contributed by atoms with Gasteiger partial charge in [-0.3, -0.25) is 4.79 Å². The van der Waals surface area contributed by atoms with Crippen LogP contribution in [0.4, 0.5) is 10.5 Å². The maximum absolute atomic E-state index is 11.7. The van der Waals surface area contributed by atoms with Crippen LogP contribution in [-0.4, -0.2) is 25.0 Å². The molecule has 0 atom stereocenters. The van der Waals surface area contributed by atoms with Gasteiger partial charge in [-0.05, 0) is 30.7 Å². The predicted molar refractivity (Wildman–Crippen MR) is 90.1 cm³/mol. The molecule has 0 aliphatic heterocycles. The number of carbonyl (C=O) groups excluding carboxylic acids is 2. The Bertz CT molecular complexity index is 483. The van der Waals surface area contributed by atoms with E-state index in [1.54, 1.807) is 30.3 Å². The quantitative estimate of drug-likeness (QED) is 0.484. The van der Waals surface area contributed by atoms with Crippen LogP contribution in [0.25, 0.3) is 0 Å². The van der Waals surface area contributed by atoms with Crippen LogP contribution in [-0.2, 0) is 0 Å². The van der Waals surface area contributed by atoms with Crippen molar-refractivity contribution < 1.29 is 9.59 Å². The van der Waals surface area contributed by atoms with Crippen molar-refractivity contribution in [2.45, 2.75) is 32.6 Å². The summed E-state index contributed by atoms with van der Waals surface area (Å²) < 4.78 is 0. The molecule has 0 spiro atoms. The fourth-order valence-corrected chi connectivity index (χ4v) is 1.90. The second-order valence-electron chi connectivity index (χ2n) is 5.02. The topological polar surface area (TPSA) is 70.2 Å². The van der Waals surface area contributed by atoms with E-state index in [9.17, 15) is 9.59 Å². The first-order chi connectivity index (χ1) is 10.7. The zero-order valence-corrected chi connectivity index (χ0v) is 13.2. The first-order valence-electron chi connectivity index (χ1n) is 7.71. The van der Waals surface area contributed by atoms with Crippen molar-refractivity contribution >= 4 is 17.6 Å². The molecule has 120 valence electrons. The van der Waals surface area contributed by atoms with E-state index >= 15 is 0 Å². The van der Waals surface area contributed by atoms with Crippen LogP contribution in [0.1, 0.15) is 43.0 Å². The summed E-state index contributed by atoms with van der Waals surface area (Å²) in [6, 6.07) is 6.55. The van der Waals surface area contributed by atoms with E-state index in [-0.39, 0.29) is 11.9 Å². The number of amides is 3. The molecule has 3 N–H and O–H groups in total. The Morgan fingerprint density at radius 3 is 2.45 bits per heavy atom. The molecule has 0 fully saturated rings. The Balaban J connectivity index is 2.35. The van der Waals surface area contributed by atoms with Crippen molar-refractivity contribution in [2.24, 2.45) is 0 Å². The molecule has 0 bridgehead atoms. The van der Waals surface area contributed by atoms with Crippen LogP contribution in [0.5, 0.6) is 0 Å². The summed E-state index contributed by atoms with van der Waals surface area (Å²) in [7, 11) is 0. The van der Waals surface area contributed by atoms with Gasteiger partial charge in [0.2, 0.25) is 0 Å². The normalized spacial score (nSPS) is 9.86. The Labute approximate surface area is 132 Å². The number of rotatable bonds is 9. The van der Waals surface area contributed by atoms with Gasteiger partial charge in [0.25, 0.3) is 5.91 Å². The predicted octanol–water partition coefficient (Wildman–Crippen LogP) is 3.30. The lowest BCUT2D eigenvalue weighted by Gasteiger charge is -2.08. The number of benzene rings is 1. The first kappa shape index (κ1) is 17.8. The summed E-state index contributed by atoms with van der Waals surface area (Å²) in [6.07, 6.45) is 6.12. The Hall–Kier alpha value is -2.30. The van der Waals surface area contributed by atoms with Gasteiger partial charge in [0.1, 0.15) is 0 Å². The van der Waals surface area contributed by atoms with E-state index in [1.807, 2.05) is 0 Å². The molecule has 22 heavy (non-hydrogen) atoms. The molecule has 0 aliphatic rings. The van der Waals surface area contributed by atoms with Gasteiger partial charge in [-0.25, -0.2) is 4.79 Å². The molecule has 1 aromatic rings. The highest BCUT2D eigenvalue weighted by atomic mass is 16.2. The molecule has 5 nitrogen and oxygen atoms in total. The summed E-state index contributed by atoms with van der Waals surface area (Å²) in [5.41, 5.74) is 1.21. The lowest BCUT2D eigenvalue weighted by Crippen LogP contribution is -2.29. The van der Waals surface area contributed by atoms with E-state index in [2.05, 4.69) is 29.5 Å². The van der Waals surface area contributed by atoms with E-state index < -0.39 is 0 Å². The van der Waals surface area contributed by atoms with Crippen LogP contribution in [0.3, 0.4) is 0 Å². The number of hydrogen-bond donors (Lipinski definition) is 3. The number of anilines is 1. The minimum atomic E-state index is -0.222. The summed E-state index contributed by atoms with van der Waals surface area (Å²) in [5.74, 6) is -0.160. The van der Waals surface area contributed by atoms with Gasteiger partial charge in [-0.15, -0.1) is 6.58 Å². The molecule has 5 heteroatoms. The summed E-state index contributed by atoms with van der Waals surface area (Å²) >= 11 is 0. The monoisotopic (exact) mass is 303 g/mol. The molecule has 1 rings (SSSR count). The van der Waals surface area contributed by atoms with Crippen LogP contribution in [0.15, 0.2) is 36.9 Å². The Morgan fingerprint density at radius 2 is 1.82 bits per heavy atom. The first-order valence-corrected chi connectivity index (χ1v) is 7.71. The van der Waals surface area contributed by atoms with Crippen molar-refractivity contribution in [3.8, 4) is 0 Å². The average Bonchev–Trinajstić information content (AvgIpc) is 2.53. The summed E-state index contributed by atoms with van der Waals surface area (Å²) in [5, 5.41) is 8.26. The lowest BCUT2D eigenvalue weighted by atomic mass is 10.2. The largest absolute Gasteiger partial charge is 0.349 e. The van der Waals surface area contributed by atoms with E-state index in [0.29, 0.717) is 24.3 Å². The number of urea groups is 1. The van der Waals surface area contributed by atoms with Gasteiger partial charge < -0.3 is 16.0 Å². The molecule has 3 amide bonds. The minimum Gasteiger partial charge on any atom is -0.349 e. The summed E-state index contributed by atoms with van der Waals surface area (Å²) in [6.45, 7) is 6.80. The fourth-order valence-electron chi connectivity index (χ4n) is 1.90. The second kappa shape index (κ2) is 10.4. The molecule has 0 saturated carbocycles. The van der Waals surface area contributed by atoms with Crippen molar-refractivity contribution in [3.05, 3.63) is 42.5 Å². The lowest BCUT2D eigenvalue weighted by molar-refractivity contribution is 0.0958. The van der Waals surface area contributed by atoms with Crippen molar-refractivity contribution in [3.63, 3.8) is 0 Å². The molecule has 0 aliphatic carbocycles. The maximum Gasteiger partial charge on any atom is 0.319 e. The van der Waals surface area contributed by atoms with Crippen molar-refractivity contribution in [2.75, 3.05) is 18.4 Å². The molecule has 0 heterocycles. The molecule has 0 aromatic heterocycles. The minimum absolute atomic E-state index is 0.160. The fraction of sp³-hybridized carbons (Fsp3) is 0.412. The zero-order valence-electron chi connectivity index (χ0n) is 13.2. The van der Waals surface area contributed by atoms with Crippen molar-refractivity contribution in [1.29, 1.82) is 0 Å². The Morgan fingerprint density at radius 1 is 1.09 bits per heavy atom. The number of carbonyl (C=O) groups is 2. The van der Waals surface area contributed by atoms with Crippen molar-refractivity contribution in [1.82, 2.24) is 10.6 Å². The SMILES string of the molecule is C=CCNC(=O)c1ccc(NC(=O)NCCCCCC)cc1. The standard InChI is InChI=1S/C17H25N3O2/c1-3-5-6-7-13-19-17(22)20-15-10-8-14(9-11-15)16(21)18-12-4-2/h4,8-11H,2-3,5-7,12-13H2,1H3,(H,18,21)(H2,19,20,22). The third-order valence-electron chi connectivity index (χ3n) is 3.13. The third-order valence-corrected chi connectivity index (χ3v) is 3.13. The Kier molecular flexibility index (Phi) is 8.42. The highest BCUT2D eigenvalue weighted by Crippen LogP contribution is 2.09. The van der Waals surface area contributed by atoms with Gasteiger partial charge in [0.15, 0.2) is 0 Å². The zero-order chi connectivity index (χ0) is 16.2. The van der Waals surface area contributed by atoms with E-state index in [4.69, 9.17) is 0 Å². The van der Waals surface area contributed by atoms with Gasteiger partial charge in [-0.1, -0.05) is 32.3 Å². The second-order valence-corrected chi connectivity index (χ2v) is 5.02. The molecule has 0 radical (unpaired) electrons. The van der Waals surface area contributed by atoms with Crippen LogP contribution < -0.4 is 16.0 Å². The molecule has 1 aromatic carbocycles. The van der Waals surface area contributed by atoms with Crippen LogP contribution >= 0.6 is 0 Å². The molecule has 0 saturated heterocycles. The molecule has 0 unspecified atom stereocenters. The molecular weight excluding hydrogens is 278 g/mol. The smallest absolute Gasteiger partial charge is 0.319 e. The van der Waals surface area contributed by atoms with E-state index in [0.717, 1.165) is 12.8 Å². The number of nitrogens with one attached hydrogen (secondary N) is 3. The summed E-state index contributed by atoms with van der Waals surface area (Å²) in [4.78, 5) is 23.4. The van der Waals surface area contributed by atoms with Gasteiger partial charge in [0.05, 0.1) is 0 Å². The third kappa shape index (κ3) is 6.92. The van der Waals surface area contributed by atoms with E-state index in [1.165, 1.54) is 12.8 Å². The van der Waals surface area contributed by atoms with Crippen LogP contribution in [0.2, 0.25) is 0 Å². The highest BCUT2D eigenvalue weighted by molar-refractivity contribution is 5.95. The maximum atomic E-state index is 11.7. The van der Waals surface area contributed by atoms with Gasteiger partial charge in [-0.2, -0.15) is 0 Å². The van der Waals surface area contributed by atoms with Gasteiger partial charge in [0, 0.05) is 24.3 Å². The number of unbranched alkanes of at least 4 members (excludes halogenated alkanes) is 3. The van der Waals surface area contributed by atoms with Gasteiger partial charge >= 0.3 is 6.03 Å².